The van der Waals surface area contributed by atoms with Crippen molar-refractivity contribution in [2.24, 2.45) is 5.92 Å². The molecule has 0 heterocycles. The summed E-state index contributed by atoms with van der Waals surface area (Å²) in [5, 5.41) is 3.50. The predicted octanol–water partition coefficient (Wildman–Crippen LogP) is 4.34. The van der Waals surface area contributed by atoms with Crippen molar-refractivity contribution < 1.29 is 4.39 Å². The third-order valence-electron chi connectivity index (χ3n) is 3.49. The molecule has 18 heavy (non-hydrogen) atoms. The van der Waals surface area contributed by atoms with Crippen LogP contribution in [-0.2, 0) is 0 Å². The molecule has 1 aromatic rings. The third kappa shape index (κ3) is 4.41. The summed E-state index contributed by atoms with van der Waals surface area (Å²) in [5.41, 5.74) is 0.903. The van der Waals surface area contributed by atoms with Crippen LogP contribution in [0.25, 0.3) is 0 Å². The minimum absolute atomic E-state index is 0.0664. The van der Waals surface area contributed by atoms with Crippen LogP contribution in [0.4, 0.5) is 4.39 Å². The summed E-state index contributed by atoms with van der Waals surface area (Å²) in [6.07, 6.45) is 1.06. The van der Waals surface area contributed by atoms with Crippen molar-refractivity contribution in [2.75, 3.05) is 6.54 Å². The van der Waals surface area contributed by atoms with Crippen LogP contribution in [0.5, 0.6) is 0 Å². The Morgan fingerprint density at radius 2 is 1.83 bits per heavy atom. The van der Waals surface area contributed by atoms with E-state index in [1.54, 1.807) is 12.1 Å². The summed E-state index contributed by atoms with van der Waals surface area (Å²) in [6.45, 7) is 11.6. The van der Waals surface area contributed by atoms with Gasteiger partial charge in [-0.2, -0.15) is 0 Å². The van der Waals surface area contributed by atoms with Crippen LogP contribution in [-0.4, -0.2) is 12.1 Å². The molecule has 2 heteroatoms. The van der Waals surface area contributed by atoms with E-state index in [0.29, 0.717) is 5.92 Å². The lowest BCUT2D eigenvalue weighted by Crippen LogP contribution is -2.39. The fraction of sp³-hybridized carbons (Fsp3) is 0.625. The largest absolute Gasteiger partial charge is 0.311 e. The Morgan fingerprint density at radius 1 is 1.22 bits per heavy atom. The van der Waals surface area contributed by atoms with Crippen LogP contribution in [0, 0.1) is 11.7 Å². The van der Waals surface area contributed by atoms with Gasteiger partial charge in [0.25, 0.3) is 0 Å². The first-order chi connectivity index (χ1) is 8.35. The Balaban J connectivity index is 2.89. The van der Waals surface area contributed by atoms with E-state index in [9.17, 15) is 4.39 Å². The third-order valence-corrected chi connectivity index (χ3v) is 3.49. The zero-order chi connectivity index (χ0) is 13.8. The molecule has 0 bridgehead atoms. The van der Waals surface area contributed by atoms with Gasteiger partial charge in [-0.1, -0.05) is 38.5 Å². The average Bonchev–Trinajstić information content (AvgIpc) is 2.29. The molecule has 0 aromatic heterocycles. The molecule has 0 aliphatic heterocycles. The number of hydrogen-bond acceptors (Lipinski definition) is 1. The van der Waals surface area contributed by atoms with Crippen molar-refractivity contribution in [2.45, 2.75) is 52.5 Å². The van der Waals surface area contributed by atoms with Crippen LogP contribution < -0.4 is 5.32 Å². The number of rotatable bonds is 5. The van der Waals surface area contributed by atoms with Gasteiger partial charge in [0.1, 0.15) is 5.82 Å². The van der Waals surface area contributed by atoms with E-state index in [0.717, 1.165) is 18.5 Å². The Morgan fingerprint density at radius 3 is 2.33 bits per heavy atom. The van der Waals surface area contributed by atoms with Gasteiger partial charge in [-0.15, -0.1) is 0 Å². The van der Waals surface area contributed by atoms with Crippen molar-refractivity contribution in [3.8, 4) is 0 Å². The van der Waals surface area contributed by atoms with E-state index in [4.69, 9.17) is 0 Å². The quantitative estimate of drug-likeness (QED) is 0.820. The molecule has 2 atom stereocenters. The van der Waals surface area contributed by atoms with Gasteiger partial charge in [-0.05, 0) is 38.3 Å². The van der Waals surface area contributed by atoms with Gasteiger partial charge in [-0.25, -0.2) is 4.39 Å². The summed E-state index contributed by atoms with van der Waals surface area (Å²) in [7, 11) is 0. The van der Waals surface area contributed by atoms with E-state index in [1.165, 1.54) is 0 Å². The van der Waals surface area contributed by atoms with Crippen molar-refractivity contribution in [3.63, 3.8) is 0 Å². The van der Waals surface area contributed by atoms with Gasteiger partial charge in [0.05, 0.1) is 0 Å². The molecule has 1 N–H and O–H groups in total. The summed E-state index contributed by atoms with van der Waals surface area (Å²) in [6, 6.07) is 7.15. The zero-order valence-electron chi connectivity index (χ0n) is 12.3. The highest BCUT2D eigenvalue weighted by Crippen LogP contribution is 2.28. The Kier molecular flexibility index (Phi) is 5.33. The highest BCUT2D eigenvalue weighted by Gasteiger charge is 2.22. The average molecular weight is 251 g/mol. The van der Waals surface area contributed by atoms with Gasteiger partial charge < -0.3 is 5.32 Å². The summed E-state index contributed by atoms with van der Waals surface area (Å²) >= 11 is 0. The fourth-order valence-corrected chi connectivity index (χ4v) is 2.09. The molecule has 1 nitrogen and oxygen atoms in total. The van der Waals surface area contributed by atoms with Gasteiger partial charge in [0.15, 0.2) is 0 Å². The topological polar surface area (TPSA) is 12.0 Å². The summed E-state index contributed by atoms with van der Waals surface area (Å²) in [4.78, 5) is 0. The van der Waals surface area contributed by atoms with E-state index in [-0.39, 0.29) is 17.3 Å². The number of hydrogen-bond donors (Lipinski definition) is 1. The van der Waals surface area contributed by atoms with Crippen LogP contribution in [0.1, 0.15) is 52.5 Å². The predicted molar refractivity (Wildman–Crippen MR) is 76.4 cm³/mol. The lowest BCUT2D eigenvalue weighted by molar-refractivity contribution is 0.350. The number of nitrogens with one attached hydrogen (secondary N) is 1. The number of benzene rings is 1. The van der Waals surface area contributed by atoms with E-state index in [1.807, 2.05) is 12.1 Å². The molecule has 0 aliphatic rings. The molecule has 0 saturated heterocycles. The van der Waals surface area contributed by atoms with Crippen molar-refractivity contribution in [1.82, 2.24) is 5.32 Å². The molecule has 0 fully saturated rings. The van der Waals surface area contributed by atoms with E-state index in [2.05, 4.69) is 39.9 Å². The SMILES string of the molecule is CCC(C)C(CNC(C)(C)C)c1ccccc1F. The van der Waals surface area contributed by atoms with Crippen molar-refractivity contribution >= 4 is 0 Å². The van der Waals surface area contributed by atoms with E-state index >= 15 is 0 Å². The molecule has 1 rings (SSSR count). The zero-order valence-corrected chi connectivity index (χ0v) is 12.3. The highest BCUT2D eigenvalue weighted by molar-refractivity contribution is 5.23. The van der Waals surface area contributed by atoms with Gasteiger partial charge in [0, 0.05) is 18.0 Å². The van der Waals surface area contributed by atoms with E-state index < -0.39 is 0 Å². The second-order valence-corrected chi connectivity index (χ2v) is 6.14. The van der Waals surface area contributed by atoms with Gasteiger partial charge in [0.2, 0.25) is 0 Å². The second kappa shape index (κ2) is 6.33. The van der Waals surface area contributed by atoms with Gasteiger partial charge in [-0.3, -0.25) is 0 Å². The Bertz CT molecular complexity index is 368. The first-order valence-electron chi connectivity index (χ1n) is 6.84. The van der Waals surface area contributed by atoms with Gasteiger partial charge >= 0.3 is 0 Å². The van der Waals surface area contributed by atoms with Crippen LogP contribution in [0.2, 0.25) is 0 Å². The Hall–Kier alpha value is -0.890. The minimum atomic E-state index is -0.0847. The number of halogens is 1. The fourth-order valence-electron chi connectivity index (χ4n) is 2.09. The van der Waals surface area contributed by atoms with Crippen LogP contribution in [0.3, 0.4) is 0 Å². The summed E-state index contributed by atoms with van der Waals surface area (Å²) < 4.78 is 13.9. The molecule has 0 amide bonds. The molecular formula is C16H26FN. The summed E-state index contributed by atoms with van der Waals surface area (Å²) in [5.74, 6) is 0.616. The molecule has 0 spiro atoms. The lowest BCUT2D eigenvalue weighted by atomic mass is 9.84. The molecule has 0 saturated carbocycles. The smallest absolute Gasteiger partial charge is 0.126 e. The monoisotopic (exact) mass is 251 g/mol. The van der Waals surface area contributed by atoms with Crippen molar-refractivity contribution in [3.05, 3.63) is 35.6 Å². The molecule has 102 valence electrons. The maximum absolute atomic E-state index is 13.9. The van der Waals surface area contributed by atoms with Crippen molar-refractivity contribution in [1.29, 1.82) is 0 Å². The maximum atomic E-state index is 13.9. The normalized spacial score (nSPS) is 15.4. The van der Waals surface area contributed by atoms with Crippen LogP contribution in [0.15, 0.2) is 24.3 Å². The standard InChI is InChI=1S/C16H26FN/c1-6-12(2)14(11-18-16(3,4)5)13-9-7-8-10-15(13)17/h7-10,12,14,18H,6,11H2,1-5H3. The van der Waals surface area contributed by atoms with Crippen LogP contribution >= 0.6 is 0 Å². The lowest BCUT2D eigenvalue weighted by Gasteiger charge is -2.29. The second-order valence-electron chi connectivity index (χ2n) is 6.14. The first kappa shape index (κ1) is 15.2. The highest BCUT2D eigenvalue weighted by atomic mass is 19.1. The molecule has 0 aliphatic carbocycles. The first-order valence-corrected chi connectivity index (χ1v) is 6.84. The molecule has 0 radical (unpaired) electrons. The maximum Gasteiger partial charge on any atom is 0.126 e. The molecule has 1 aromatic carbocycles. The Labute approximate surface area is 111 Å². The molecular weight excluding hydrogens is 225 g/mol. The molecule has 2 unspecified atom stereocenters. The minimum Gasteiger partial charge on any atom is -0.311 e.